The van der Waals surface area contributed by atoms with E-state index in [0.717, 1.165) is 44.3 Å². The van der Waals surface area contributed by atoms with Crippen molar-refractivity contribution in [2.24, 2.45) is 0 Å². The number of likely N-dealkylation sites (tertiary alicyclic amines) is 1. The van der Waals surface area contributed by atoms with E-state index in [9.17, 15) is 14.4 Å². The van der Waals surface area contributed by atoms with Crippen molar-refractivity contribution in [3.05, 3.63) is 35.9 Å². The summed E-state index contributed by atoms with van der Waals surface area (Å²) in [7, 11) is 0. The van der Waals surface area contributed by atoms with Crippen LogP contribution < -0.4 is 0 Å². The molecule has 0 radical (unpaired) electrons. The number of fused-ring (bicyclic) bond motifs is 1. The number of thioether (sulfide) groups is 1. The van der Waals surface area contributed by atoms with Crippen LogP contribution >= 0.6 is 11.8 Å². The molecule has 0 aromatic heterocycles. The molecule has 0 spiro atoms. The van der Waals surface area contributed by atoms with Crippen LogP contribution in [0.2, 0.25) is 0 Å². The van der Waals surface area contributed by atoms with E-state index >= 15 is 0 Å². The van der Waals surface area contributed by atoms with Gasteiger partial charge >= 0.3 is 5.97 Å². The summed E-state index contributed by atoms with van der Waals surface area (Å²) in [5, 5.41) is 0. The van der Waals surface area contributed by atoms with Gasteiger partial charge in [0.1, 0.15) is 10.9 Å². The van der Waals surface area contributed by atoms with Gasteiger partial charge in [-0.25, -0.2) is 4.79 Å². The lowest BCUT2D eigenvalue weighted by Crippen LogP contribution is -2.48. The number of benzene rings is 1. The molecule has 3 fully saturated rings. The van der Waals surface area contributed by atoms with E-state index in [-0.39, 0.29) is 11.8 Å². The monoisotopic (exact) mass is 416 g/mol. The highest BCUT2D eigenvalue weighted by molar-refractivity contribution is 8.00. The van der Waals surface area contributed by atoms with E-state index in [4.69, 9.17) is 4.74 Å². The minimum Gasteiger partial charge on any atom is -0.451 e. The van der Waals surface area contributed by atoms with Crippen molar-refractivity contribution in [2.75, 3.05) is 18.8 Å². The quantitative estimate of drug-likeness (QED) is 0.706. The second-order valence-electron chi connectivity index (χ2n) is 8.06. The highest BCUT2D eigenvalue weighted by Gasteiger charge is 2.57. The maximum absolute atomic E-state index is 13.0. The largest absolute Gasteiger partial charge is 0.451 e. The molecule has 2 amide bonds. The molecule has 4 rings (SSSR count). The minimum atomic E-state index is -0.824. The summed E-state index contributed by atoms with van der Waals surface area (Å²) in [6.07, 6.45) is 4.54. The number of amides is 2. The van der Waals surface area contributed by atoms with E-state index in [2.05, 4.69) is 0 Å². The van der Waals surface area contributed by atoms with Gasteiger partial charge in [0.05, 0.1) is 0 Å². The van der Waals surface area contributed by atoms with Crippen LogP contribution in [0.25, 0.3) is 0 Å². The lowest BCUT2D eigenvalue weighted by molar-refractivity contribution is -0.164. The first-order valence-corrected chi connectivity index (χ1v) is 11.5. The summed E-state index contributed by atoms with van der Waals surface area (Å²) in [6.45, 7) is 3.09. The second kappa shape index (κ2) is 8.38. The predicted octanol–water partition coefficient (Wildman–Crippen LogP) is 2.91. The highest BCUT2D eigenvalue weighted by atomic mass is 32.2. The normalized spacial score (nSPS) is 28.0. The van der Waals surface area contributed by atoms with E-state index < -0.39 is 23.0 Å². The van der Waals surface area contributed by atoms with Crippen molar-refractivity contribution in [3.8, 4) is 0 Å². The zero-order valence-corrected chi connectivity index (χ0v) is 17.7. The summed E-state index contributed by atoms with van der Waals surface area (Å²) < 4.78 is 5.59. The molecule has 3 atom stereocenters. The van der Waals surface area contributed by atoms with Crippen molar-refractivity contribution >= 4 is 29.5 Å². The van der Waals surface area contributed by atoms with Crippen LogP contribution in [0, 0.1) is 0 Å². The van der Waals surface area contributed by atoms with Crippen LogP contribution in [0.3, 0.4) is 0 Å². The summed E-state index contributed by atoms with van der Waals surface area (Å²) in [6, 6.07) is 9.24. The number of esters is 1. The lowest BCUT2D eigenvalue weighted by atomic mass is 10.0. The molecule has 3 saturated heterocycles. The maximum atomic E-state index is 13.0. The Balaban J connectivity index is 1.46. The van der Waals surface area contributed by atoms with Gasteiger partial charge in [-0.3, -0.25) is 9.59 Å². The minimum absolute atomic E-state index is 0.0210. The van der Waals surface area contributed by atoms with Gasteiger partial charge in [-0.2, -0.15) is 0 Å². The zero-order valence-electron chi connectivity index (χ0n) is 16.8. The molecule has 1 aromatic carbocycles. The fourth-order valence-corrected chi connectivity index (χ4v) is 6.30. The molecule has 0 aliphatic carbocycles. The fraction of sp³-hybridized carbons (Fsp3) is 0.591. The molecule has 7 heteroatoms. The number of hydrogen-bond donors (Lipinski definition) is 0. The van der Waals surface area contributed by atoms with Crippen LogP contribution in [-0.2, 0) is 24.0 Å². The van der Waals surface area contributed by atoms with Crippen LogP contribution in [0.1, 0.15) is 51.0 Å². The van der Waals surface area contributed by atoms with Gasteiger partial charge in [0.25, 0.3) is 5.91 Å². The standard InChI is InChI=1S/C22H28N2O4S/c1-16(20(26)23-13-7-2-3-8-14-23)28-21(27)18-15-29-22(12-11-19(25)24(18)22)17-9-5-4-6-10-17/h4-6,9-10,16,18H,2-3,7-8,11-15H2,1H3/t16-,18-,22-/m1/s1. The Morgan fingerprint density at radius 3 is 2.52 bits per heavy atom. The SMILES string of the molecule is C[C@@H](OC(=O)[C@H]1CS[C@@]2(c3ccccc3)CCC(=O)N12)C(=O)N1CCCCCC1. The first-order chi connectivity index (χ1) is 14.0. The Kier molecular flexibility index (Phi) is 5.86. The third kappa shape index (κ3) is 3.77. The van der Waals surface area contributed by atoms with E-state index in [1.54, 1.807) is 23.6 Å². The van der Waals surface area contributed by atoms with Crippen LogP contribution in [0.5, 0.6) is 0 Å². The number of ether oxygens (including phenoxy) is 1. The van der Waals surface area contributed by atoms with E-state index in [0.29, 0.717) is 18.6 Å². The summed E-state index contributed by atoms with van der Waals surface area (Å²) in [5.41, 5.74) is 1.04. The second-order valence-corrected chi connectivity index (χ2v) is 9.36. The number of hydrogen-bond acceptors (Lipinski definition) is 5. The molecule has 0 bridgehead atoms. The first-order valence-electron chi connectivity index (χ1n) is 10.5. The summed E-state index contributed by atoms with van der Waals surface area (Å²) >= 11 is 1.63. The van der Waals surface area contributed by atoms with Gasteiger partial charge in [-0.1, -0.05) is 43.2 Å². The molecule has 3 aliphatic rings. The number of carbonyl (C=O) groups is 3. The molecular weight excluding hydrogens is 388 g/mol. The number of carbonyl (C=O) groups excluding carboxylic acids is 3. The van der Waals surface area contributed by atoms with E-state index in [1.807, 2.05) is 35.2 Å². The van der Waals surface area contributed by atoms with Crippen molar-refractivity contribution in [3.63, 3.8) is 0 Å². The summed E-state index contributed by atoms with van der Waals surface area (Å²) in [4.78, 5) is 41.4. The smallest absolute Gasteiger partial charge is 0.330 e. The molecule has 0 N–H and O–H groups in total. The van der Waals surface area contributed by atoms with Gasteiger partial charge in [-0.15, -0.1) is 11.8 Å². The molecular formula is C22H28N2O4S. The molecule has 156 valence electrons. The fourth-order valence-electron chi connectivity index (χ4n) is 4.67. The predicted molar refractivity (Wildman–Crippen MR) is 111 cm³/mol. The molecule has 0 saturated carbocycles. The summed E-state index contributed by atoms with van der Waals surface area (Å²) in [5.74, 6) is -0.133. The molecule has 6 nitrogen and oxygen atoms in total. The Labute approximate surface area is 175 Å². The van der Waals surface area contributed by atoms with E-state index in [1.165, 1.54) is 0 Å². The maximum Gasteiger partial charge on any atom is 0.330 e. The van der Waals surface area contributed by atoms with Crippen molar-refractivity contribution in [1.82, 2.24) is 9.80 Å². The lowest BCUT2D eigenvalue weighted by Gasteiger charge is -2.34. The number of rotatable bonds is 4. The Hall–Kier alpha value is -2.02. The average molecular weight is 417 g/mol. The van der Waals surface area contributed by atoms with Crippen molar-refractivity contribution < 1.29 is 19.1 Å². The molecule has 3 aliphatic heterocycles. The van der Waals surface area contributed by atoms with Crippen LogP contribution in [0.4, 0.5) is 0 Å². The molecule has 0 unspecified atom stereocenters. The zero-order chi connectivity index (χ0) is 20.4. The van der Waals surface area contributed by atoms with Gasteiger partial charge in [0, 0.05) is 25.3 Å². The van der Waals surface area contributed by atoms with Crippen LogP contribution in [-0.4, -0.2) is 58.6 Å². The third-order valence-electron chi connectivity index (χ3n) is 6.18. The third-order valence-corrected chi connectivity index (χ3v) is 7.78. The molecule has 29 heavy (non-hydrogen) atoms. The van der Waals surface area contributed by atoms with Crippen molar-refractivity contribution in [1.29, 1.82) is 0 Å². The Morgan fingerprint density at radius 2 is 1.83 bits per heavy atom. The molecule has 1 aromatic rings. The molecule has 3 heterocycles. The topological polar surface area (TPSA) is 66.9 Å². The van der Waals surface area contributed by atoms with Gasteiger partial charge in [0.15, 0.2) is 6.10 Å². The Bertz CT molecular complexity index is 778. The van der Waals surface area contributed by atoms with Gasteiger partial charge < -0.3 is 14.5 Å². The van der Waals surface area contributed by atoms with Crippen LogP contribution in [0.15, 0.2) is 30.3 Å². The van der Waals surface area contributed by atoms with Crippen molar-refractivity contribution in [2.45, 2.75) is 62.5 Å². The highest BCUT2D eigenvalue weighted by Crippen LogP contribution is 2.54. The van der Waals surface area contributed by atoms with Gasteiger partial charge in [0.2, 0.25) is 5.91 Å². The average Bonchev–Trinajstić information content (AvgIpc) is 3.15. The van der Waals surface area contributed by atoms with Gasteiger partial charge in [-0.05, 0) is 31.7 Å². The Morgan fingerprint density at radius 1 is 1.14 bits per heavy atom. The first kappa shape index (κ1) is 20.3. The number of nitrogens with zero attached hydrogens (tertiary/aromatic N) is 2.